The van der Waals surface area contributed by atoms with Crippen molar-refractivity contribution in [1.29, 1.82) is 0 Å². The first-order valence-electron chi connectivity index (χ1n) is 7.87. The molecule has 5 nitrogen and oxygen atoms in total. The van der Waals surface area contributed by atoms with Gasteiger partial charge in [0.2, 0.25) is 5.91 Å². The first kappa shape index (κ1) is 17.3. The number of carboxylic acid groups (broad SMARTS) is 1. The molecule has 3 rings (SSSR count). The zero-order valence-electron chi connectivity index (χ0n) is 13.7. The Hall–Kier alpha value is -2.53. The second-order valence-corrected chi connectivity index (χ2v) is 6.69. The van der Waals surface area contributed by atoms with E-state index in [-0.39, 0.29) is 12.3 Å². The Morgan fingerprint density at radius 3 is 2.36 bits per heavy atom. The summed E-state index contributed by atoms with van der Waals surface area (Å²) in [6, 6.07) is 12.5. The lowest BCUT2D eigenvalue weighted by molar-refractivity contribution is -0.150. The average Bonchev–Trinajstić information content (AvgIpc) is 2.94. The van der Waals surface area contributed by atoms with Crippen LogP contribution in [0.4, 0.5) is 5.69 Å². The molecule has 2 aromatic rings. The van der Waals surface area contributed by atoms with Crippen LogP contribution in [0, 0.1) is 5.41 Å². The van der Waals surface area contributed by atoms with Gasteiger partial charge in [0.15, 0.2) is 0 Å². The number of fused-ring (bicyclic) bond motifs is 1. The molecule has 0 aromatic heterocycles. The topological polar surface area (TPSA) is 75.6 Å². The van der Waals surface area contributed by atoms with Gasteiger partial charge in [-0.2, -0.15) is 0 Å². The molecule has 0 fully saturated rings. The fourth-order valence-electron chi connectivity index (χ4n) is 3.30. The second-order valence-electron chi connectivity index (χ2n) is 6.28. The van der Waals surface area contributed by atoms with Gasteiger partial charge in [0.1, 0.15) is 5.75 Å². The normalized spacial score (nSPS) is 14.6. The smallest absolute Gasteiger partial charge is 0.310 e. The lowest BCUT2D eigenvalue weighted by atomic mass is 9.81. The maximum atomic E-state index is 12.4. The Kier molecular flexibility index (Phi) is 4.68. The first-order valence-corrected chi connectivity index (χ1v) is 8.25. The summed E-state index contributed by atoms with van der Waals surface area (Å²) in [5.74, 6) is -0.795. The number of carbonyl (C=O) groups is 2. The van der Waals surface area contributed by atoms with E-state index in [1.807, 2.05) is 24.3 Å². The Labute approximate surface area is 150 Å². The third kappa shape index (κ3) is 3.46. The van der Waals surface area contributed by atoms with Crippen LogP contribution in [0.5, 0.6) is 5.75 Å². The van der Waals surface area contributed by atoms with E-state index in [1.54, 1.807) is 18.2 Å². The fraction of sp³-hybridized carbons (Fsp3) is 0.263. The van der Waals surface area contributed by atoms with Gasteiger partial charge in [-0.25, -0.2) is 0 Å². The maximum absolute atomic E-state index is 12.4. The van der Waals surface area contributed by atoms with Gasteiger partial charge in [0.05, 0.1) is 17.5 Å². The number of nitrogens with one attached hydrogen (secondary N) is 1. The molecule has 0 saturated heterocycles. The van der Waals surface area contributed by atoms with E-state index in [4.69, 9.17) is 16.3 Å². The first-order chi connectivity index (χ1) is 11.9. The predicted molar refractivity (Wildman–Crippen MR) is 95.2 cm³/mol. The van der Waals surface area contributed by atoms with Gasteiger partial charge in [-0.1, -0.05) is 35.9 Å². The van der Waals surface area contributed by atoms with Gasteiger partial charge < -0.3 is 15.2 Å². The van der Waals surface area contributed by atoms with Crippen molar-refractivity contribution in [1.82, 2.24) is 0 Å². The SMILES string of the molecule is COc1ccc(NC(=O)CC2(C(=O)O)Cc3ccccc3C2)cc1Cl. The summed E-state index contributed by atoms with van der Waals surface area (Å²) in [5, 5.41) is 12.8. The molecule has 0 spiro atoms. The Balaban J connectivity index is 1.75. The molecule has 0 heterocycles. The molecule has 130 valence electrons. The van der Waals surface area contributed by atoms with E-state index in [0.29, 0.717) is 29.3 Å². The van der Waals surface area contributed by atoms with E-state index < -0.39 is 11.4 Å². The summed E-state index contributed by atoms with van der Waals surface area (Å²) in [6.45, 7) is 0. The zero-order chi connectivity index (χ0) is 18.0. The number of aliphatic carboxylic acids is 1. The number of amides is 1. The molecule has 2 aromatic carbocycles. The largest absolute Gasteiger partial charge is 0.495 e. The number of benzene rings is 2. The molecule has 2 N–H and O–H groups in total. The van der Waals surface area contributed by atoms with Crippen molar-refractivity contribution in [3.63, 3.8) is 0 Å². The van der Waals surface area contributed by atoms with E-state index >= 15 is 0 Å². The van der Waals surface area contributed by atoms with Crippen LogP contribution in [0.1, 0.15) is 17.5 Å². The lowest BCUT2D eigenvalue weighted by Crippen LogP contribution is -2.36. The minimum atomic E-state index is -1.11. The highest BCUT2D eigenvalue weighted by Gasteiger charge is 2.45. The zero-order valence-corrected chi connectivity index (χ0v) is 14.5. The molecule has 0 unspecified atom stereocenters. The van der Waals surface area contributed by atoms with Gasteiger partial charge >= 0.3 is 5.97 Å². The van der Waals surface area contributed by atoms with Crippen LogP contribution in [0.15, 0.2) is 42.5 Å². The second kappa shape index (κ2) is 6.76. The molecule has 0 saturated carbocycles. The molecule has 0 bridgehead atoms. The van der Waals surface area contributed by atoms with Crippen molar-refractivity contribution < 1.29 is 19.4 Å². The number of rotatable bonds is 5. The molecular weight excluding hydrogens is 342 g/mol. The van der Waals surface area contributed by atoms with E-state index in [1.165, 1.54) is 7.11 Å². The van der Waals surface area contributed by atoms with E-state index in [2.05, 4.69) is 5.32 Å². The van der Waals surface area contributed by atoms with Crippen molar-refractivity contribution >= 4 is 29.2 Å². The van der Waals surface area contributed by atoms with Crippen LogP contribution in [-0.2, 0) is 22.4 Å². The molecular formula is C19H18ClNO4. The van der Waals surface area contributed by atoms with E-state index in [0.717, 1.165) is 11.1 Å². The highest BCUT2D eigenvalue weighted by Crippen LogP contribution is 2.40. The van der Waals surface area contributed by atoms with E-state index in [9.17, 15) is 14.7 Å². The monoisotopic (exact) mass is 359 g/mol. The number of hydrogen-bond acceptors (Lipinski definition) is 3. The highest BCUT2D eigenvalue weighted by molar-refractivity contribution is 6.32. The lowest BCUT2D eigenvalue weighted by Gasteiger charge is -2.23. The summed E-state index contributed by atoms with van der Waals surface area (Å²) in [4.78, 5) is 24.3. The van der Waals surface area contributed by atoms with Crippen molar-refractivity contribution in [3.05, 3.63) is 58.6 Å². The fourth-order valence-corrected chi connectivity index (χ4v) is 3.56. The number of carbonyl (C=O) groups excluding carboxylic acids is 1. The summed E-state index contributed by atoms with van der Waals surface area (Å²) in [5.41, 5.74) is 1.38. The Morgan fingerprint density at radius 2 is 1.84 bits per heavy atom. The Bertz CT molecular complexity index is 809. The van der Waals surface area contributed by atoms with Crippen LogP contribution >= 0.6 is 11.6 Å². The number of halogens is 1. The summed E-state index contributed by atoms with van der Waals surface area (Å²) in [7, 11) is 1.51. The number of carboxylic acids is 1. The van der Waals surface area contributed by atoms with Gasteiger partial charge in [-0.15, -0.1) is 0 Å². The summed E-state index contributed by atoms with van der Waals surface area (Å²) in [6.07, 6.45) is 0.616. The van der Waals surface area contributed by atoms with Crippen molar-refractivity contribution in [2.24, 2.45) is 5.41 Å². The Morgan fingerprint density at radius 1 is 1.20 bits per heavy atom. The molecule has 25 heavy (non-hydrogen) atoms. The number of hydrogen-bond donors (Lipinski definition) is 2. The van der Waals surface area contributed by atoms with Crippen LogP contribution in [0.25, 0.3) is 0 Å². The minimum absolute atomic E-state index is 0.0966. The van der Waals surface area contributed by atoms with Crippen molar-refractivity contribution in [3.8, 4) is 5.75 Å². The maximum Gasteiger partial charge on any atom is 0.310 e. The molecule has 6 heteroatoms. The number of anilines is 1. The molecule has 0 radical (unpaired) electrons. The van der Waals surface area contributed by atoms with Gasteiger partial charge in [0.25, 0.3) is 0 Å². The quantitative estimate of drug-likeness (QED) is 0.856. The number of ether oxygens (including phenoxy) is 1. The van der Waals surface area contributed by atoms with Crippen molar-refractivity contribution in [2.45, 2.75) is 19.3 Å². The molecule has 1 aliphatic carbocycles. The van der Waals surface area contributed by atoms with Crippen LogP contribution < -0.4 is 10.1 Å². The molecule has 1 amide bonds. The minimum Gasteiger partial charge on any atom is -0.495 e. The third-order valence-electron chi connectivity index (χ3n) is 4.56. The number of methoxy groups -OCH3 is 1. The van der Waals surface area contributed by atoms with Crippen LogP contribution in [0.3, 0.4) is 0 Å². The average molecular weight is 360 g/mol. The summed E-state index contributed by atoms with van der Waals surface area (Å²) >= 11 is 6.05. The van der Waals surface area contributed by atoms with Gasteiger partial charge in [-0.05, 0) is 42.2 Å². The molecule has 1 aliphatic rings. The third-order valence-corrected chi connectivity index (χ3v) is 4.86. The molecule has 0 atom stereocenters. The highest BCUT2D eigenvalue weighted by atomic mass is 35.5. The standard InChI is InChI=1S/C19H18ClNO4/c1-25-16-7-6-14(8-15(16)20)21-17(22)11-19(18(23)24)9-12-4-2-3-5-13(12)10-19/h2-8H,9-11H2,1H3,(H,21,22)(H,23,24). The van der Waals surface area contributed by atoms with Gasteiger partial charge in [0, 0.05) is 12.1 Å². The summed E-state index contributed by atoms with van der Waals surface area (Å²) < 4.78 is 5.07. The molecule has 0 aliphatic heterocycles. The predicted octanol–water partition coefficient (Wildman–Crippen LogP) is 3.55. The van der Waals surface area contributed by atoms with Gasteiger partial charge in [-0.3, -0.25) is 9.59 Å². The van der Waals surface area contributed by atoms with Crippen molar-refractivity contribution in [2.75, 3.05) is 12.4 Å². The van der Waals surface area contributed by atoms with Crippen LogP contribution in [0.2, 0.25) is 5.02 Å². The van der Waals surface area contributed by atoms with Crippen LogP contribution in [-0.4, -0.2) is 24.1 Å².